The molecule has 1 aliphatic rings. The van der Waals surface area contributed by atoms with E-state index in [0.717, 1.165) is 25.3 Å². The molecule has 82 valence electrons. The van der Waals surface area contributed by atoms with Crippen molar-refractivity contribution in [3.8, 4) is 0 Å². The molecule has 0 bridgehead atoms. The van der Waals surface area contributed by atoms with Crippen molar-refractivity contribution in [3.63, 3.8) is 0 Å². The van der Waals surface area contributed by atoms with Gasteiger partial charge in [-0.3, -0.25) is 0 Å². The van der Waals surface area contributed by atoms with Gasteiger partial charge in [0.05, 0.1) is 6.10 Å². The number of rotatable bonds is 2. The first-order valence-corrected chi connectivity index (χ1v) is 4.92. The smallest absolute Gasteiger partial charge is 0.161 e. The minimum atomic E-state index is -1.22. The van der Waals surface area contributed by atoms with Crippen molar-refractivity contribution in [2.75, 3.05) is 0 Å². The van der Waals surface area contributed by atoms with Crippen molar-refractivity contribution in [3.05, 3.63) is 35.1 Å². The largest absolute Gasteiger partial charge is 0.388 e. The first kappa shape index (κ1) is 10.5. The Labute approximate surface area is 85.5 Å². The summed E-state index contributed by atoms with van der Waals surface area (Å²) in [6, 6.07) is 1.22. The molecule has 1 unspecified atom stereocenters. The maximum atomic E-state index is 13.2. The zero-order chi connectivity index (χ0) is 11.0. The fraction of sp³-hybridized carbons (Fsp3) is 0.455. The molecular weight excluding hydrogens is 205 g/mol. The van der Waals surface area contributed by atoms with Crippen LogP contribution in [0.5, 0.6) is 0 Å². The standard InChI is InChI=1S/C11H11F3O/c12-8-5-10(14)9(13)4-7(8)11(15)6-2-1-3-6/h4-6,11,15H,1-3H2. The Morgan fingerprint density at radius 1 is 1.07 bits per heavy atom. The average molecular weight is 216 g/mol. The normalized spacial score (nSPS) is 18.7. The first-order chi connectivity index (χ1) is 7.09. The third kappa shape index (κ3) is 1.86. The summed E-state index contributed by atoms with van der Waals surface area (Å²) < 4.78 is 38.7. The molecule has 0 radical (unpaired) electrons. The number of hydrogen-bond acceptors (Lipinski definition) is 1. The second-order valence-electron chi connectivity index (χ2n) is 3.92. The van der Waals surface area contributed by atoms with E-state index in [2.05, 4.69) is 0 Å². The lowest BCUT2D eigenvalue weighted by Crippen LogP contribution is -2.21. The lowest BCUT2D eigenvalue weighted by molar-refractivity contribution is 0.0588. The van der Waals surface area contributed by atoms with E-state index in [1.165, 1.54) is 0 Å². The van der Waals surface area contributed by atoms with Crippen LogP contribution in [0.4, 0.5) is 13.2 Å². The lowest BCUT2D eigenvalue weighted by Gasteiger charge is -2.30. The van der Waals surface area contributed by atoms with Crippen molar-refractivity contribution in [2.24, 2.45) is 5.92 Å². The summed E-state index contributed by atoms with van der Waals surface area (Å²) in [6.07, 6.45) is 1.58. The molecule has 0 aromatic heterocycles. The average Bonchev–Trinajstić information content (AvgIpc) is 2.08. The topological polar surface area (TPSA) is 20.2 Å². The van der Waals surface area contributed by atoms with Crippen LogP contribution in [0.25, 0.3) is 0 Å². The fourth-order valence-electron chi connectivity index (χ4n) is 1.77. The number of aliphatic hydroxyl groups excluding tert-OH is 1. The van der Waals surface area contributed by atoms with Crippen molar-refractivity contribution in [1.29, 1.82) is 0 Å². The second kappa shape index (κ2) is 3.85. The van der Waals surface area contributed by atoms with Gasteiger partial charge in [-0.15, -0.1) is 0 Å². The Kier molecular flexibility index (Phi) is 2.69. The van der Waals surface area contributed by atoms with E-state index in [-0.39, 0.29) is 11.5 Å². The van der Waals surface area contributed by atoms with E-state index < -0.39 is 23.6 Å². The third-order valence-corrected chi connectivity index (χ3v) is 2.95. The Hall–Kier alpha value is -1.03. The first-order valence-electron chi connectivity index (χ1n) is 4.92. The molecule has 0 aliphatic heterocycles. The molecule has 15 heavy (non-hydrogen) atoms. The molecule has 1 atom stereocenters. The van der Waals surface area contributed by atoms with Crippen molar-refractivity contribution in [1.82, 2.24) is 0 Å². The van der Waals surface area contributed by atoms with E-state index in [0.29, 0.717) is 6.07 Å². The van der Waals surface area contributed by atoms with Gasteiger partial charge in [-0.1, -0.05) is 6.42 Å². The maximum Gasteiger partial charge on any atom is 0.161 e. The monoisotopic (exact) mass is 216 g/mol. The Morgan fingerprint density at radius 3 is 2.20 bits per heavy atom. The zero-order valence-electron chi connectivity index (χ0n) is 8.01. The van der Waals surface area contributed by atoms with E-state index in [1.54, 1.807) is 0 Å². The van der Waals surface area contributed by atoms with Crippen LogP contribution in [0.1, 0.15) is 30.9 Å². The predicted octanol–water partition coefficient (Wildman–Crippen LogP) is 2.94. The van der Waals surface area contributed by atoms with Crippen LogP contribution in [0, 0.1) is 23.4 Å². The van der Waals surface area contributed by atoms with Gasteiger partial charge in [0.2, 0.25) is 0 Å². The van der Waals surface area contributed by atoms with Crippen molar-refractivity contribution < 1.29 is 18.3 Å². The summed E-state index contributed by atoms with van der Waals surface area (Å²) in [6.45, 7) is 0. The molecule has 1 nitrogen and oxygen atoms in total. The second-order valence-corrected chi connectivity index (χ2v) is 3.92. The molecule has 0 saturated heterocycles. The Morgan fingerprint density at radius 2 is 1.67 bits per heavy atom. The highest BCUT2D eigenvalue weighted by atomic mass is 19.2. The highest BCUT2D eigenvalue weighted by molar-refractivity contribution is 5.23. The summed E-state index contributed by atoms with van der Waals surface area (Å²) in [5, 5.41) is 9.71. The van der Waals surface area contributed by atoms with Crippen LogP contribution in [0.3, 0.4) is 0 Å². The van der Waals surface area contributed by atoms with Crippen LogP contribution < -0.4 is 0 Å². The fourth-order valence-corrected chi connectivity index (χ4v) is 1.77. The molecule has 0 heterocycles. The quantitative estimate of drug-likeness (QED) is 0.753. The van der Waals surface area contributed by atoms with Gasteiger partial charge in [-0.2, -0.15) is 0 Å². The lowest BCUT2D eigenvalue weighted by atomic mass is 9.78. The number of aliphatic hydroxyl groups is 1. The molecule has 4 heteroatoms. The molecular formula is C11H11F3O. The predicted molar refractivity (Wildman–Crippen MR) is 48.6 cm³/mol. The molecule has 1 N–H and O–H groups in total. The molecule has 0 amide bonds. The van der Waals surface area contributed by atoms with Gasteiger partial charge in [0.1, 0.15) is 5.82 Å². The van der Waals surface area contributed by atoms with Gasteiger partial charge in [0, 0.05) is 11.6 Å². The van der Waals surface area contributed by atoms with Gasteiger partial charge >= 0.3 is 0 Å². The summed E-state index contributed by atoms with van der Waals surface area (Å²) in [5.74, 6) is -3.25. The van der Waals surface area contributed by atoms with Gasteiger partial charge < -0.3 is 5.11 Å². The van der Waals surface area contributed by atoms with Crippen LogP contribution in [-0.2, 0) is 0 Å². The third-order valence-electron chi connectivity index (χ3n) is 2.95. The Bertz CT molecular complexity index is 374. The minimum Gasteiger partial charge on any atom is -0.388 e. The molecule has 1 fully saturated rings. The van der Waals surface area contributed by atoms with E-state index >= 15 is 0 Å². The van der Waals surface area contributed by atoms with E-state index in [9.17, 15) is 18.3 Å². The number of halogens is 3. The van der Waals surface area contributed by atoms with Crippen LogP contribution in [0.2, 0.25) is 0 Å². The van der Waals surface area contributed by atoms with Gasteiger partial charge in [0.25, 0.3) is 0 Å². The zero-order valence-corrected chi connectivity index (χ0v) is 8.01. The van der Waals surface area contributed by atoms with Gasteiger partial charge in [-0.05, 0) is 24.8 Å². The van der Waals surface area contributed by atoms with Crippen LogP contribution in [0.15, 0.2) is 12.1 Å². The highest BCUT2D eigenvalue weighted by Crippen LogP contribution is 2.38. The van der Waals surface area contributed by atoms with Gasteiger partial charge in [0.15, 0.2) is 11.6 Å². The minimum absolute atomic E-state index is 0.0237. The van der Waals surface area contributed by atoms with Crippen LogP contribution >= 0.6 is 0 Å². The summed E-state index contributed by atoms with van der Waals surface area (Å²) in [7, 11) is 0. The van der Waals surface area contributed by atoms with E-state index in [4.69, 9.17) is 0 Å². The SMILES string of the molecule is OC(c1cc(F)c(F)cc1F)C1CCC1. The van der Waals surface area contributed by atoms with Gasteiger partial charge in [-0.25, -0.2) is 13.2 Å². The summed E-state index contributed by atoms with van der Waals surface area (Å²) in [5.41, 5.74) is -0.140. The number of benzene rings is 1. The molecule has 1 saturated carbocycles. The Balaban J connectivity index is 2.30. The van der Waals surface area contributed by atoms with Crippen LogP contribution in [-0.4, -0.2) is 5.11 Å². The molecule has 0 spiro atoms. The molecule has 1 aliphatic carbocycles. The van der Waals surface area contributed by atoms with Crippen molar-refractivity contribution >= 4 is 0 Å². The van der Waals surface area contributed by atoms with Crippen molar-refractivity contribution in [2.45, 2.75) is 25.4 Å². The molecule has 1 aromatic rings. The summed E-state index contributed by atoms with van der Waals surface area (Å²) >= 11 is 0. The van der Waals surface area contributed by atoms with E-state index in [1.807, 2.05) is 0 Å². The molecule has 2 rings (SSSR count). The number of hydrogen-bond donors (Lipinski definition) is 1. The molecule has 1 aromatic carbocycles. The summed E-state index contributed by atoms with van der Waals surface area (Å²) in [4.78, 5) is 0. The maximum absolute atomic E-state index is 13.2. The highest BCUT2D eigenvalue weighted by Gasteiger charge is 2.29.